The third-order valence-corrected chi connectivity index (χ3v) is 7.76. The lowest BCUT2D eigenvalue weighted by Gasteiger charge is -2.24. The highest BCUT2D eigenvalue weighted by atomic mass is 35.5. The van der Waals surface area contributed by atoms with E-state index in [4.69, 9.17) is 39.5 Å². The van der Waals surface area contributed by atoms with E-state index in [9.17, 15) is 13.2 Å². The Kier molecular flexibility index (Phi) is 8.06. The molecule has 6 nitrogen and oxygen atoms in total. The quantitative estimate of drug-likeness (QED) is 0.245. The molecule has 0 aliphatic rings. The van der Waals surface area contributed by atoms with Gasteiger partial charge in [0.1, 0.15) is 12.3 Å². The molecule has 184 valence electrons. The summed E-state index contributed by atoms with van der Waals surface area (Å²) in [6, 6.07) is 25.9. The number of rotatable bonds is 8. The molecule has 0 aromatic heterocycles. The maximum absolute atomic E-state index is 13.5. The second kappa shape index (κ2) is 11.2. The average molecular weight is 562 g/mol. The Balaban J connectivity index is 1.65. The first kappa shape index (κ1) is 25.9. The van der Waals surface area contributed by atoms with Crippen molar-refractivity contribution in [3.05, 3.63) is 112 Å². The molecule has 10 heteroatoms. The summed E-state index contributed by atoms with van der Waals surface area (Å²) in [5.41, 5.74) is 0.456. The Labute approximate surface area is 224 Å². The summed E-state index contributed by atoms with van der Waals surface area (Å²) in [7, 11) is -4.12. The molecule has 0 bridgehead atoms. The highest BCUT2D eigenvalue weighted by Gasteiger charge is 2.28. The first-order valence-corrected chi connectivity index (χ1v) is 13.2. The number of carbonyl (C=O) groups is 1. The molecule has 0 aliphatic carbocycles. The summed E-state index contributed by atoms with van der Waals surface area (Å²) >= 11 is 18.3. The first-order chi connectivity index (χ1) is 17.2. The monoisotopic (exact) mass is 560 g/mol. The zero-order valence-corrected chi connectivity index (χ0v) is 21.7. The van der Waals surface area contributed by atoms with Crippen LogP contribution >= 0.6 is 34.8 Å². The van der Waals surface area contributed by atoms with E-state index in [0.29, 0.717) is 16.5 Å². The predicted molar refractivity (Wildman–Crippen MR) is 144 cm³/mol. The van der Waals surface area contributed by atoms with Crippen molar-refractivity contribution in [1.82, 2.24) is 0 Å². The standard InChI is InChI=1S/C26H19Cl3N2O4S/c27-18-11-14-25(35-20-7-3-1-4-8-20)24(15-18)30-26(32)17-31(19-12-13-22(28)23(29)16-19)36(33,34)21-9-5-2-6-10-21/h1-16H,17H2,(H,30,32). The van der Waals surface area contributed by atoms with Crippen LogP contribution in [0.5, 0.6) is 11.5 Å². The fraction of sp³-hybridized carbons (Fsp3) is 0.0385. The van der Waals surface area contributed by atoms with Crippen LogP contribution < -0.4 is 14.4 Å². The maximum Gasteiger partial charge on any atom is 0.264 e. The molecule has 0 unspecified atom stereocenters. The number of hydrogen-bond donors (Lipinski definition) is 1. The first-order valence-electron chi connectivity index (χ1n) is 10.6. The Morgan fingerprint density at radius 3 is 2.14 bits per heavy atom. The number of sulfonamides is 1. The number of ether oxygens (including phenoxy) is 1. The van der Waals surface area contributed by atoms with E-state index in [1.54, 1.807) is 42.5 Å². The third kappa shape index (κ3) is 6.12. The van der Waals surface area contributed by atoms with Crippen molar-refractivity contribution in [2.45, 2.75) is 4.90 Å². The van der Waals surface area contributed by atoms with E-state index >= 15 is 0 Å². The molecule has 1 N–H and O–H groups in total. The molecule has 4 aromatic carbocycles. The number of nitrogens with zero attached hydrogens (tertiary/aromatic N) is 1. The SMILES string of the molecule is O=C(CN(c1ccc(Cl)c(Cl)c1)S(=O)(=O)c1ccccc1)Nc1cc(Cl)ccc1Oc1ccccc1. The van der Waals surface area contributed by atoms with Crippen molar-refractivity contribution in [1.29, 1.82) is 0 Å². The molecule has 4 aromatic rings. The number of para-hydroxylation sites is 1. The fourth-order valence-electron chi connectivity index (χ4n) is 3.30. The molecular formula is C26H19Cl3N2O4S. The van der Waals surface area contributed by atoms with E-state index in [1.165, 1.54) is 36.4 Å². The van der Waals surface area contributed by atoms with Crippen molar-refractivity contribution >= 4 is 62.1 Å². The van der Waals surface area contributed by atoms with E-state index in [1.807, 2.05) is 18.2 Å². The molecule has 0 saturated carbocycles. The minimum atomic E-state index is -4.12. The highest BCUT2D eigenvalue weighted by molar-refractivity contribution is 7.92. The molecule has 0 heterocycles. The summed E-state index contributed by atoms with van der Waals surface area (Å²) in [5, 5.41) is 3.48. The van der Waals surface area contributed by atoms with Crippen LogP contribution in [0.3, 0.4) is 0 Å². The molecule has 1 amide bonds. The summed E-state index contributed by atoms with van der Waals surface area (Å²) in [6.45, 7) is -0.549. The van der Waals surface area contributed by atoms with Crippen LogP contribution in [0.25, 0.3) is 0 Å². The van der Waals surface area contributed by atoms with Crippen LogP contribution in [0.1, 0.15) is 0 Å². The largest absolute Gasteiger partial charge is 0.455 e. The van der Waals surface area contributed by atoms with Crippen LogP contribution in [-0.2, 0) is 14.8 Å². The van der Waals surface area contributed by atoms with Crippen molar-refractivity contribution in [2.75, 3.05) is 16.2 Å². The van der Waals surface area contributed by atoms with Gasteiger partial charge in [-0.15, -0.1) is 0 Å². The van der Waals surface area contributed by atoms with Crippen LogP contribution in [0.2, 0.25) is 15.1 Å². The summed E-state index contributed by atoms with van der Waals surface area (Å²) in [6.07, 6.45) is 0. The van der Waals surface area contributed by atoms with Crippen molar-refractivity contribution < 1.29 is 17.9 Å². The average Bonchev–Trinajstić information content (AvgIpc) is 2.87. The Bertz CT molecular complexity index is 1480. The van der Waals surface area contributed by atoms with E-state index in [0.717, 1.165) is 4.31 Å². The minimum Gasteiger partial charge on any atom is -0.455 e. The molecule has 0 saturated heterocycles. The van der Waals surface area contributed by atoms with Crippen LogP contribution in [0, 0.1) is 0 Å². The third-order valence-electron chi connectivity index (χ3n) is 5.00. The lowest BCUT2D eigenvalue weighted by atomic mass is 10.2. The van der Waals surface area contributed by atoms with Gasteiger partial charge in [0, 0.05) is 5.02 Å². The van der Waals surface area contributed by atoms with Gasteiger partial charge in [0.25, 0.3) is 10.0 Å². The molecular weight excluding hydrogens is 543 g/mol. The smallest absolute Gasteiger partial charge is 0.264 e. The van der Waals surface area contributed by atoms with Gasteiger partial charge in [0.05, 0.1) is 26.3 Å². The zero-order chi connectivity index (χ0) is 25.7. The van der Waals surface area contributed by atoms with Crippen molar-refractivity contribution in [3.63, 3.8) is 0 Å². The number of carbonyl (C=O) groups excluding carboxylic acids is 1. The van der Waals surface area contributed by atoms with Crippen molar-refractivity contribution in [3.8, 4) is 11.5 Å². The summed E-state index contributed by atoms with van der Waals surface area (Å²) in [4.78, 5) is 13.2. The van der Waals surface area contributed by atoms with Crippen molar-refractivity contribution in [2.24, 2.45) is 0 Å². The van der Waals surface area contributed by atoms with Crippen LogP contribution in [0.15, 0.2) is 102 Å². The predicted octanol–water partition coefficient (Wildman–Crippen LogP) is 7.27. The minimum absolute atomic E-state index is 0.0136. The maximum atomic E-state index is 13.5. The van der Waals surface area contributed by atoms with Gasteiger partial charge in [-0.05, 0) is 60.7 Å². The number of halogens is 3. The van der Waals surface area contributed by atoms with E-state index in [2.05, 4.69) is 5.32 Å². The van der Waals surface area contributed by atoms with Gasteiger partial charge in [0.15, 0.2) is 5.75 Å². The highest BCUT2D eigenvalue weighted by Crippen LogP contribution is 2.33. The summed E-state index contributed by atoms with van der Waals surface area (Å²) in [5.74, 6) is 0.270. The number of nitrogens with one attached hydrogen (secondary N) is 1. The number of hydrogen-bond acceptors (Lipinski definition) is 4. The van der Waals surface area contributed by atoms with Gasteiger partial charge in [-0.1, -0.05) is 71.2 Å². The van der Waals surface area contributed by atoms with Gasteiger partial charge >= 0.3 is 0 Å². The lowest BCUT2D eigenvalue weighted by molar-refractivity contribution is -0.114. The molecule has 36 heavy (non-hydrogen) atoms. The second-order valence-electron chi connectivity index (χ2n) is 7.53. The molecule has 0 spiro atoms. The van der Waals surface area contributed by atoms with Gasteiger partial charge < -0.3 is 10.1 Å². The fourth-order valence-corrected chi connectivity index (χ4v) is 5.20. The van der Waals surface area contributed by atoms with Crippen LogP contribution in [-0.4, -0.2) is 20.9 Å². The van der Waals surface area contributed by atoms with Gasteiger partial charge in [0.2, 0.25) is 5.91 Å². The van der Waals surface area contributed by atoms with E-state index < -0.39 is 22.5 Å². The summed E-state index contributed by atoms with van der Waals surface area (Å²) < 4.78 is 33.9. The second-order valence-corrected chi connectivity index (χ2v) is 10.6. The topological polar surface area (TPSA) is 75.7 Å². The molecule has 0 radical (unpaired) electrons. The Morgan fingerprint density at radius 1 is 0.806 bits per heavy atom. The Morgan fingerprint density at radius 2 is 1.47 bits per heavy atom. The molecule has 0 fully saturated rings. The lowest BCUT2D eigenvalue weighted by Crippen LogP contribution is -2.38. The number of anilines is 2. The Hall–Kier alpha value is -3.23. The van der Waals surface area contributed by atoms with Crippen LogP contribution in [0.4, 0.5) is 11.4 Å². The van der Waals surface area contributed by atoms with Gasteiger partial charge in [-0.25, -0.2) is 8.42 Å². The molecule has 4 rings (SSSR count). The van der Waals surface area contributed by atoms with Gasteiger partial charge in [-0.2, -0.15) is 0 Å². The van der Waals surface area contributed by atoms with Gasteiger partial charge in [-0.3, -0.25) is 9.10 Å². The number of benzene rings is 4. The zero-order valence-electron chi connectivity index (χ0n) is 18.6. The molecule has 0 aliphatic heterocycles. The van der Waals surface area contributed by atoms with E-state index in [-0.39, 0.29) is 26.3 Å². The molecule has 0 atom stereocenters. The normalized spacial score (nSPS) is 11.1. The number of amides is 1.